The molecule has 0 fully saturated rings. The molecule has 0 amide bonds. The third kappa shape index (κ3) is 4.28. The van der Waals surface area contributed by atoms with Crippen molar-refractivity contribution in [3.63, 3.8) is 0 Å². The summed E-state index contributed by atoms with van der Waals surface area (Å²) in [5, 5.41) is 13.4. The van der Waals surface area contributed by atoms with Crippen molar-refractivity contribution in [2.45, 2.75) is 19.1 Å². The van der Waals surface area contributed by atoms with E-state index in [1.807, 2.05) is 31.2 Å². The summed E-state index contributed by atoms with van der Waals surface area (Å²) in [6, 6.07) is 13.7. The van der Waals surface area contributed by atoms with E-state index in [2.05, 4.69) is 5.32 Å². The minimum Gasteiger partial charge on any atom is -0.497 e. The molecule has 2 aromatic carbocycles. The molecule has 0 aliphatic rings. The van der Waals surface area contributed by atoms with Gasteiger partial charge in [0.15, 0.2) is 0 Å². The lowest BCUT2D eigenvalue weighted by Gasteiger charge is -2.18. The zero-order chi connectivity index (χ0) is 15.2. The van der Waals surface area contributed by atoms with Crippen molar-refractivity contribution in [2.75, 3.05) is 13.7 Å². The second kappa shape index (κ2) is 7.20. The Morgan fingerprint density at radius 1 is 1.14 bits per heavy atom. The molecule has 0 saturated carbocycles. The summed E-state index contributed by atoms with van der Waals surface area (Å²) >= 11 is 0. The van der Waals surface area contributed by atoms with Crippen molar-refractivity contribution in [1.82, 2.24) is 5.32 Å². The maximum absolute atomic E-state index is 13.2. The molecule has 0 radical (unpaired) electrons. The number of benzene rings is 2. The van der Waals surface area contributed by atoms with Gasteiger partial charge in [0, 0.05) is 12.6 Å². The van der Waals surface area contributed by atoms with Crippen LogP contribution in [0, 0.1) is 5.82 Å². The summed E-state index contributed by atoms with van der Waals surface area (Å²) in [4.78, 5) is 0. The highest BCUT2D eigenvalue weighted by atomic mass is 19.1. The molecule has 21 heavy (non-hydrogen) atoms. The number of rotatable bonds is 6. The predicted molar refractivity (Wildman–Crippen MR) is 80.8 cm³/mol. The molecule has 0 aliphatic heterocycles. The lowest BCUT2D eigenvalue weighted by molar-refractivity contribution is 0.170. The van der Waals surface area contributed by atoms with Crippen LogP contribution in [0.3, 0.4) is 0 Å². The van der Waals surface area contributed by atoms with Gasteiger partial charge in [0.05, 0.1) is 13.2 Å². The molecule has 4 heteroatoms. The second-order valence-corrected chi connectivity index (χ2v) is 4.98. The lowest BCUT2D eigenvalue weighted by Crippen LogP contribution is -2.24. The Labute approximate surface area is 124 Å². The first kappa shape index (κ1) is 15.5. The quantitative estimate of drug-likeness (QED) is 0.858. The van der Waals surface area contributed by atoms with E-state index < -0.39 is 6.10 Å². The topological polar surface area (TPSA) is 41.5 Å². The third-order valence-electron chi connectivity index (χ3n) is 3.44. The molecule has 2 aromatic rings. The van der Waals surface area contributed by atoms with E-state index in [-0.39, 0.29) is 11.9 Å². The summed E-state index contributed by atoms with van der Waals surface area (Å²) in [6.45, 7) is 2.32. The molecule has 3 nitrogen and oxygen atoms in total. The van der Waals surface area contributed by atoms with E-state index in [9.17, 15) is 9.50 Å². The normalized spacial score (nSPS) is 13.7. The van der Waals surface area contributed by atoms with Crippen LogP contribution in [0.15, 0.2) is 48.5 Å². The molecule has 0 heterocycles. The predicted octanol–water partition coefficient (Wildman–Crippen LogP) is 3.22. The minimum absolute atomic E-state index is 0.0408. The van der Waals surface area contributed by atoms with Crippen LogP contribution >= 0.6 is 0 Å². The molecule has 0 spiro atoms. The van der Waals surface area contributed by atoms with Crippen LogP contribution in [0.5, 0.6) is 5.75 Å². The lowest BCUT2D eigenvalue weighted by atomic mass is 10.1. The van der Waals surface area contributed by atoms with Crippen LogP contribution in [0.1, 0.15) is 30.2 Å². The van der Waals surface area contributed by atoms with Gasteiger partial charge in [0.2, 0.25) is 0 Å². The van der Waals surface area contributed by atoms with Gasteiger partial charge in [-0.2, -0.15) is 0 Å². The van der Waals surface area contributed by atoms with E-state index >= 15 is 0 Å². The van der Waals surface area contributed by atoms with Crippen LogP contribution in [0.2, 0.25) is 0 Å². The Morgan fingerprint density at radius 3 is 2.57 bits per heavy atom. The summed E-state index contributed by atoms with van der Waals surface area (Å²) in [5.41, 5.74) is 1.64. The molecule has 112 valence electrons. The molecular weight excluding hydrogens is 269 g/mol. The fourth-order valence-corrected chi connectivity index (χ4v) is 2.15. The van der Waals surface area contributed by atoms with Gasteiger partial charge in [-0.15, -0.1) is 0 Å². The van der Waals surface area contributed by atoms with E-state index in [4.69, 9.17) is 4.74 Å². The van der Waals surface area contributed by atoms with Gasteiger partial charge >= 0.3 is 0 Å². The first-order chi connectivity index (χ1) is 10.1. The van der Waals surface area contributed by atoms with Crippen LogP contribution in [-0.4, -0.2) is 18.8 Å². The Kier molecular flexibility index (Phi) is 5.31. The fraction of sp³-hybridized carbons (Fsp3) is 0.294. The number of aliphatic hydroxyl groups is 1. The molecule has 0 bridgehead atoms. The average Bonchev–Trinajstić information content (AvgIpc) is 2.52. The largest absolute Gasteiger partial charge is 0.497 e. The summed E-state index contributed by atoms with van der Waals surface area (Å²) in [6.07, 6.45) is -0.642. The van der Waals surface area contributed by atoms with Crippen LogP contribution in [0.4, 0.5) is 4.39 Å². The Balaban J connectivity index is 1.95. The standard InChI is InChI=1S/C17H20FNO2/c1-12(13-5-3-7-15(18)9-13)19-11-17(20)14-6-4-8-16(10-14)21-2/h3-10,12,17,19-20H,11H2,1-2H3. The zero-order valence-corrected chi connectivity index (χ0v) is 12.2. The Hall–Kier alpha value is -1.91. The van der Waals surface area contributed by atoms with Gasteiger partial charge in [-0.3, -0.25) is 0 Å². The fourth-order valence-electron chi connectivity index (χ4n) is 2.15. The summed E-state index contributed by atoms with van der Waals surface area (Å²) in [7, 11) is 1.59. The molecule has 0 aliphatic carbocycles. The first-order valence-corrected chi connectivity index (χ1v) is 6.91. The van der Waals surface area contributed by atoms with Crippen LogP contribution < -0.4 is 10.1 Å². The summed E-state index contributed by atoms with van der Waals surface area (Å²) < 4.78 is 18.3. The molecule has 2 rings (SSSR count). The van der Waals surface area contributed by atoms with Crippen LogP contribution in [-0.2, 0) is 0 Å². The van der Waals surface area contributed by atoms with Crippen molar-refractivity contribution in [2.24, 2.45) is 0 Å². The zero-order valence-electron chi connectivity index (χ0n) is 12.2. The molecule has 2 unspecified atom stereocenters. The maximum atomic E-state index is 13.2. The molecule has 2 atom stereocenters. The number of hydrogen-bond acceptors (Lipinski definition) is 3. The van der Waals surface area contributed by atoms with Crippen molar-refractivity contribution >= 4 is 0 Å². The minimum atomic E-state index is -0.642. The van der Waals surface area contributed by atoms with Gasteiger partial charge < -0.3 is 15.2 Å². The highest BCUT2D eigenvalue weighted by Crippen LogP contribution is 2.20. The molecule has 0 saturated heterocycles. The van der Waals surface area contributed by atoms with Crippen LogP contribution in [0.25, 0.3) is 0 Å². The van der Waals surface area contributed by atoms with E-state index in [1.165, 1.54) is 12.1 Å². The molecule has 0 aromatic heterocycles. The SMILES string of the molecule is COc1cccc(C(O)CNC(C)c2cccc(F)c2)c1. The molecule has 2 N–H and O–H groups in total. The Morgan fingerprint density at radius 2 is 1.86 bits per heavy atom. The van der Waals surface area contributed by atoms with Crippen molar-refractivity contribution in [3.8, 4) is 5.75 Å². The number of nitrogens with one attached hydrogen (secondary N) is 1. The first-order valence-electron chi connectivity index (χ1n) is 6.91. The highest BCUT2D eigenvalue weighted by molar-refractivity contribution is 5.30. The monoisotopic (exact) mass is 289 g/mol. The van der Waals surface area contributed by atoms with Gasteiger partial charge in [-0.25, -0.2) is 4.39 Å². The van der Waals surface area contributed by atoms with Gasteiger partial charge in [0.1, 0.15) is 11.6 Å². The highest BCUT2D eigenvalue weighted by Gasteiger charge is 2.11. The average molecular weight is 289 g/mol. The van der Waals surface area contributed by atoms with Crippen molar-refractivity contribution in [3.05, 3.63) is 65.5 Å². The maximum Gasteiger partial charge on any atom is 0.123 e. The number of ether oxygens (including phenoxy) is 1. The van der Waals surface area contributed by atoms with E-state index in [0.717, 1.165) is 11.1 Å². The van der Waals surface area contributed by atoms with Gasteiger partial charge in [0.25, 0.3) is 0 Å². The Bertz CT molecular complexity index is 589. The number of methoxy groups -OCH3 is 1. The van der Waals surface area contributed by atoms with Gasteiger partial charge in [-0.05, 0) is 42.3 Å². The second-order valence-electron chi connectivity index (χ2n) is 4.98. The smallest absolute Gasteiger partial charge is 0.123 e. The van der Waals surface area contributed by atoms with Crippen molar-refractivity contribution in [1.29, 1.82) is 0 Å². The van der Waals surface area contributed by atoms with Crippen molar-refractivity contribution < 1.29 is 14.2 Å². The van der Waals surface area contributed by atoms with E-state index in [1.54, 1.807) is 19.2 Å². The van der Waals surface area contributed by atoms with Gasteiger partial charge in [-0.1, -0.05) is 24.3 Å². The third-order valence-corrected chi connectivity index (χ3v) is 3.44. The number of hydrogen-bond donors (Lipinski definition) is 2. The molecular formula is C17H20FNO2. The number of halogens is 1. The van der Waals surface area contributed by atoms with E-state index in [0.29, 0.717) is 12.3 Å². The summed E-state index contributed by atoms with van der Waals surface area (Å²) in [5.74, 6) is 0.458. The number of aliphatic hydroxyl groups excluding tert-OH is 1.